The highest BCUT2D eigenvalue weighted by Crippen LogP contribution is 2.29. The van der Waals surface area contributed by atoms with E-state index in [1.807, 2.05) is 0 Å². The third-order valence-electron chi connectivity index (χ3n) is 2.90. The fraction of sp³-hybridized carbons (Fsp3) is 0.357. The summed E-state index contributed by atoms with van der Waals surface area (Å²) in [6.07, 6.45) is -1.03. The molecule has 112 valence electrons. The first kappa shape index (κ1) is 14.8. The van der Waals surface area contributed by atoms with E-state index in [0.29, 0.717) is 18.0 Å². The van der Waals surface area contributed by atoms with Gasteiger partial charge in [-0.15, -0.1) is 0 Å². The largest absolute Gasteiger partial charge is 0.478 e. The van der Waals surface area contributed by atoms with Gasteiger partial charge in [-0.1, -0.05) is 12.1 Å². The summed E-state index contributed by atoms with van der Waals surface area (Å²) in [5.41, 5.74) is 0.585. The zero-order valence-corrected chi connectivity index (χ0v) is 11.6. The molecule has 0 radical (unpaired) electrons. The van der Waals surface area contributed by atoms with Crippen molar-refractivity contribution < 1.29 is 19.1 Å². The van der Waals surface area contributed by atoms with Crippen molar-refractivity contribution in [2.45, 2.75) is 19.4 Å². The highest BCUT2D eigenvalue weighted by Gasteiger charge is 2.29. The standard InChI is InChI=1S/C14H17N3O4/c1-2-15-13(19)8-16-12(18)7-11-14(20)17-9-5-3-4-6-10(9)21-11/h3-6,11H,2,7-8H2,1H3,(H,15,19)(H,16,18)(H,17,20). The highest BCUT2D eigenvalue weighted by molar-refractivity contribution is 6.00. The van der Waals surface area contributed by atoms with Crippen molar-refractivity contribution in [2.24, 2.45) is 0 Å². The van der Waals surface area contributed by atoms with Crippen LogP contribution < -0.4 is 20.7 Å². The first-order valence-corrected chi connectivity index (χ1v) is 6.70. The molecule has 3 amide bonds. The topological polar surface area (TPSA) is 96.5 Å². The molecule has 0 aliphatic carbocycles. The lowest BCUT2D eigenvalue weighted by Crippen LogP contribution is -2.43. The maximum Gasteiger partial charge on any atom is 0.266 e. The van der Waals surface area contributed by atoms with Crippen molar-refractivity contribution in [1.82, 2.24) is 10.6 Å². The molecule has 1 aromatic rings. The Kier molecular flexibility index (Phi) is 4.76. The van der Waals surface area contributed by atoms with Crippen molar-refractivity contribution in [2.75, 3.05) is 18.4 Å². The van der Waals surface area contributed by atoms with E-state index in [-0.39, 0.29) is 24.8 Å². The number of amides is 3. The summed E-state index contributed by atoms with van der Waals surface area (Å²) in [4.78, 5) is 34.8. The molecule has 1 aliphatic rings. The molecule has 0 spiro atoms. The SMILES string of the molecule is CCNC(=O)CNC(=O)CC1Oc2ccccc2NC1=O. The maximum atomic E-state index is 11.8. The number of carbonyl (C=O) groups is 3. The minimum atomic E-state index is -0.894. The molecule has 7 heteroatoms. The number of nitrogens with one attached hydrogen (secondary N) is 3. The number of rotatable bonds is 5. The molecule has 0 saturated carbocycles. The lowest BCUT2D eigenvalue weighted by atomic mass is 10.1. The average molecular weight is 291 g/mol. The minimum Gasteiger partial charge on any atom is -0.478 e. The van der Waals surface area contributed by atoms with Crippen molar-refractivity contribution in [3.63, 3.8) is 0 Å². The van der Waals surface area contributed by atoms with Gasteiger partial charge >= 0.3 is 0 Å². The first-order valence-electron chi connectivity index (χ1n) is 6.70. The van der Waals surface area contributed by atoms with Gasteiger partial charge < -0.3 is 20.7 Å². The molecule has 1 aliphatic heterocycles. The van der Waals surface area contributed by atoms with Crippen LogP contribution in [0.2, 0.25) is 0 Å². The first-order chi connectivity index (χ1) is 10.1. The molecule has 2 rings (SSSR count). The molecule has 7 nitrogen and oxygen atoms in total. The molecule has 0 saturated heterocycles. The molecule has 1 heterocycles. The van der Waals surface area contributed by atoms with Crippen LogP contribution in [0.25, 0.3) is 0 Å². The number of hydrogen-bond donors (Lipinski definition) is 3. The number of fused-ring (bicyclic) bond motifs is 1. The molecule has 21 heavy (non-hydrogen) atoms. The van der Waals surface area contributed by atoms with Gasteiger partial charge in [0, 0.05) is 6.54 Å². The fourth-order valence-electron chi connectivity index (χ4n) is 1.91. The van der Waals surface area contributed by atoms with Crippen molar-refractivity contribution >= 4 is 23.4 Å². The summed E-state index contributed by atoms with van der Waals surface area (Å²) in [6.45, 7) is 2.18. The number of para-hydroxylation sites is 2. The van der Waals surface area contributed by atoms with Gasteiger partial charge in [0.15, 0.2) is 6.10 Å². The maximum absolute atomic E-state index is 11.8. The van der Waals surface area contributed by atoms with Gasteiger partial charge in [-0.3, -0.25) is 14.4 Å². The van der Waals surface area contributed by atoms with Gasteiger partial charge in [0.25, 0.3) is 5.91 Å². The smallest absolute Gasteiger partial charge is 0.266 e. The number of anilines is 1. The van der Waals surface area contributed by atoms with Crippen LogP contribution in [0.5, 0.6) is 5.75 Å². The van der Waals surface area contributed by atoms with Gasteiger partial charge in [0.2, 0.25) is 11.8 Å². The van der Waals surface area contributed by atoms with E-state index in [1.54, 1.807) is 31.2 Å². The molecule has 0 bridgehead atoms. The number of hydrogen-bond acceptors (Lipinski definition) is 4. The van der Waals surface area contributed by atoms with Crippen LogP contribution in [0.15, 0.2) is 24.3 Å². The Morgan fingerprint density at radius 2 is 2.00 bits per heavy atom. The van der Waals surface area contributed by atoms with Crippen molar-refractivity contribution in [3.8, 4) is 5.75 Å². The average Bonchev–Trinajstić information content (AvgIpc) is 2.46. The van der Waals surface area contributed by atoms with Crippen molar-refractivity contribution in [1.29, 1.82) is 0 Å². The fourth-order valence-corrected chi connectivity index (χ4v) is 1.91. The molecule has 1 aromatic carbocycles. The summed E-state index contributed by atoms with van der Waals surface area (Å²) in [6, 6.07) is 7.00. The second-order valence-corrected chi connectivity index (χ2v) is 4.53. The molecule has 0 aromatic heterocycles. The van der Waals surface area contributed by atoms with E-state index < -0.39 is 12.0 Å². The Morgan fingerprint density at radius 1 is 1.24 bits per heavy atom. The van der Waals surface area contributed by atoms with Crippen LogP contribution in [-0.4, -0.2) is 36.9 Å². The van der Waals surface area contributed by atoms with Gasteiger partial charge in [-0.2, -0.15) is 0 Å². The van der Waals surface area contributed by atoms with Crippen LogP contribution in [-0.2, 0) is 14.4 Å². The second kappa shape index (κ2) is 6.74. The predicted octanol–water partition coefficient (Wildman–Crippen LogP) is 0.0285. The van der Waals surface area contributed by atoms with E-state index in [1.165, 1.54) is 0 Å². The number of likely N-dealkylation sites (N-methyl/N-ethyl adjacent to an activating group) is 1. The van der Waals surface area contributed by atoms with E-state index in [2.05, 4.69) is 16.0 Å². The predicted molar refractivity (Wildman–Crippen MR) is 75.8 cm³/mol. The Morgan fingerprint density at radius 3 is 2.76 bits per heavy atom. The van der Waals surface area contributed by atoms with Gasteiger partial charge in [0.05, 0.1) is 18.7 Å². The van der Waals surface area contributed by atoms with E-state index in [0.717, 1.165) is 0 Å². The van der Waals surface area contributed by atoms with E-state index in [9.17, 15) is 14.4 Å². The van der Waals surface area contributed by atoms with Crippen LogP contribution in [0.4, 0.5) is 5.69 Å². The Bertz CT molecular complexity index is 559. The van der Waals surface area contributed by atoms with Crippen molar-refractivity contribution in [3.05, 3.63) is 24.3 Å². The van der Waals surface area contributed by atoms with Gasteiger partial charge in [-0.05, 0) is 19.1 Å². The third-order valence-corrected chi connectivity index (χ3v) is 2.90. The number of ether oxygens (including phenoxy) is 1. The second-order valence-electron chi connectivity index (χ2n) is 4.53. The van der Waals surface area contributed by atoms with E-state index >= 15 is 0 Å². The van der Waals surface area contributed by atoms with Crippen LogP contribution in [0.1, 0.15) is 13.3 Å². The Balaban J connectivity index is 1.87. The summed E-state index contributed by atoms with van der Waals surface area (Å²) in [5, 5.41) is 7.69. The number of benzene rings is 1. The Labute approximate surface area is 122 Å². The van der Waals surface area contributed by atoms with Crippen LogP contribution in [0, 0.1) is 0 Å². The summed E-state index contributed by atoms with van der Waals surface area (Å²) >= 11 is 0. The molecule has 3 N–H and O–H groups in total. The zero-order valence-electron chi connectivity index (χ0n) is 11.6. The molecular weight excluding hydrogens is 274 g/mol. The normalized spacial score (nSPS) is 16.2. The van der Waals surface area contributed by atoms with Gasteiger partial charge in [0.1, 0.15) is 5.75 Å². The molecule has 1 unspecified atom stereocenters. The molecule has 1 atom stereocenters. The summed E-state index contributed by atoms with van der Waals surface area (Å²) < 4.78 is 5.50. The van der Waals surface area contributed by atoms with Gasteiger partial charge in [-0.25, -0.2) is 0 Å². The zero-order chi connectivity index (χ0) is 15.2. The van der Waals surface area contributed by atoms with Crippen LogP contribution >= 0.6 is 0 Å². The summed E-state index contributed by atoms with van der Waals surface area (Å²) in [7, 11) is 0. The number of carbonyl (C=O) groups excluding carboxylic acids is 3. The Hall–Kier alpha value is -2.57. The molecule has 0 fully saturated rings. The monoisotopic (exact) mass is 291 g/mol. The molecular formula is C14H17N3O4. The highest BCUT2D eigenvalue weighted by atomic mass is 16.5. The van der Waals surface area contributed by atoms with E-state index in [4.69, 9.17) is 4.74 Å². The lowest BCUT2D eigenvalue weighted by Gasteiger charge is -2.25. The third kappa shape index (κ3) is 3.95. The minimum absolute atomic E-state index is 0.113. The summed E-state index contributed by atoms with van der Waals surface area (Å²) in [5.74, 6) is -0.536. The van der Waals surface area contributed by atoms with Crippen LogP contribution in [0.3, 0.4) is 0 Å². The lowest BCUT2D eigenvalue weighted by molar-refractivity contribution is -0.131. The quantitative estimate of drug-likeness (QED) is 0.713.